The molecule has 0 spiro atoms. The fourth-order valence-electron chi connectivity index (χ4n) is 1.89. The Morgan fingerprint density at radius 2 is 2.04 bits per heavy atom. The summed E-state index contributed by atoms with van der Waals surface area (Å²) in [6.45, 7) is 0.425. The van der Waals surface area contributed by atoms with Crippen molar-refractivity contribution in [2.24, 2.45) is 0 Å². The molecule has 0 aliphatic carbocycles. The van der Waals surface area contributed by atoms with Gasteiger partial charge in [0.05, 0.1) is 12.7 Å². The van der Waals surface area contributed by atoms with Crippen molar-refractivity contribution >= 4 is 50.8 Å². The van der Waals surface area contributed by atoms with Crippen molar-refractivity contribution in [3.8, 4) is 5.75 Å². The molecule has 0 aliphatic heterocycles. The van der Waals surface area contributed by atoms with Gasteiger partial charge in [-0.2, -0.15) is 0 Å². The van der Waals surface area contributed by atoms with Crippen LogP contribution in [0.25, 0.3) is 0 Å². The Balaban J connectivity index is 1.99. The topological polar surface area (TPSA) is 50.4 Å². The summed E-state index contributed by atoms with van der Waals surface area (Å²) in [7, 11) is 1.51. The lowest BCUT2D eigenvalue weighted by atomic mass is 10.2. The van der Waals surface area contributed by atoms with Crippen molar-refractivity contribution < 1.29 is 9.53 Å². The normalized spacial score (nSPS) is 10.0. The average molecular weight is 414 g/mol. The number of hydrogen-bond donors (Lipinski definition) is 2. The molecule has 0 heterocycles. The summed E-state index contributed by atoms with van der Waals surface area (Å²) in [6, 6.07) is 12.6. The number of nitrogens with one attached hydrogen (secondary N) is 2. The number of thiocarbonyl (C=S) groups is 1. The van der Waals surface area contributed by atoms with Crippen LogP contribution in [0.5, 0.6) is 5.75 Å². The molecule has 7 heteroatoms. The van der Waals surface area contributed by atoms with E-state index in [1.165, 1.54) is 7.11 Å². The Morgan fingerprint density at radius 1 is 1.30 bits per heavy atom. The highest BCUT2D eigenvalue weighted by atomic mass is 79.9. The number of ether oxygens (including phenoxy) is 1. The number of amides is 1. The minimum absolute atomic E-state index is 0.219. The molecular formula is C16H14BrClN2O2S. The lowest BCUT2D eigenvalue weighted by Gasteiger charge is -2.12. The SMILES string of the molecule is COc1ccc(Br)cc1C(=O)NC(=S)NCc1ccccc1Cl. The summed E-state index contributed by atoms with van der Waals surface area (Å²) >= 11 is 14.6. The lowest BCUT2D eigenvalue weighted by molar-refractivity contribution is 0.0973. The Kier molecular flexibility index (Phi) is 6.38. The quantitative estimate of drug-likeness (QED) is 0.746. The van der Waals surface area contributed by atoms with Crippen LogP contribution in [0.2, 0.25) is 5.02 Å². The molecule has 2 N–H and O–H groups in total. The molecule has 0 radical (unpaired) electrons. The van der Waals surface area contributed by atoms with E-state index in [2.05, 4.69) is 26.6 Å². The van der Waals surface area contributed by atoms with E-state index in [4.69, 9.17) is 28.6 Å². The van der Waals surface area contributed by atoms with E-state index in [1.807, 2.05) is 18.2 Å². The van der Waals surface area contributed by atoms with Crippen molar-refractivity contribution in [3.63, 3.8) is 0 Å². The van der Waals surface area contributed by atoms with E-state index in [-0.39, 0.29) is 11.0 Å². The maximum atomic E-state index is 12.3. The number of rotatable bonds is 4. The summed E-state index contributed by atoms with van der Waals surface area (Å²) in [6.07, 6.45) is 0. The number of carbonyl (C=O) groups is 1. The first-order valence-corrected chi connectivity index (χ1v) is 8.25. The van der Waals surface area contributed by atoms with Crippen LogP contribution in [-0.4, -0.2) is 18.1 Å². The summed E-state index contributed by atoms with van der Waals surface area (Å²) in [5.74, 6) is 0.124. The first-order valence-electron chi connectivity index (χ1n) is 6.67. The molecule has 120 valence electrons. The third kappa shape index (κ3) is 4.92. The number of methoxy groups -OCH3 is 1. The summed E-state index contributed by atoms with van der Waals surface area (Å²) in [5.41, 5.74) is 1.29. The van der Waals surface area contributed by atoms with Crippen molar-refractivity contribution in [1.29, 1.82) is 0 Å². The second-order valence-corrected chi connectivity index (χ2v) is 6.30. The molecule has 0 aliphatic rings. The standard InChI is InChI=1S/C16H14BrClN2O2S/c1-22-14-7-6-11(17)8-12(14)15(21)20-16(23)19-9-10-4-2-3-5-13(10)18/h2-8H,9H2,1H3,(H2,19,20,21,23). The van der Waals surface area contributed by atoms with Gasteiger partial charge in [-0.3, -0.25) is 10.1 Å². The molecule has 0 bridgehead atoms. The Labute approximate surface area is 153 Å². The fraction of sp³-hybridized carbons (Fsp3) is 0.125. The van der Waals surface area contributed by atoms with Crippen LogP contribution in [0.15, 0.2) is 46.9 Å². The third-order valence-corrected chi connectivity index (χ3v) is 4.14. The van der Waals surface area contributed by atoms with E-state index >= 15 is 0 Å². The van der Waals surface area contributed by atoms with E-state index in [0.717, 1.165) is 10.0 Å². The Hall–Kier alpha value is -1.63. The molecule has 0 fully saturated rings. The van der Waals surface area contributed by atoms with Gasteiger partial charge in [-0.15, -0.1) is 0 Å². The van der Waals surface area contributed by atoms with Crippen molar-refractivity contribution in [3.05, 3.63) is 63.1 Å². The molecule has 0 aromatic heterocycles. The van der Waals surface area contributed by atoms with Crippen molar-refractivity contribution in [2.75, 3.05) is 7.11 Å². The smallest absolute Gasteiger partial charge is 0.261 e. The zero-order valence-electron chi connectivity index (χ0n) is 12.2. The molecule has 2 rings (SSSR count). The molecule has 0 atom stereocenters. The number of benzene rings is 2. The maximum absolute atomic E-state index is 12.3. The summed E-state index contributed by atoms with van der Waals surface area (Å²) in [5, 5.41) is 6.44. The van der Waals surface area contributed by atoms with Gasteiger partial charge >= 0.3 is 0 Å². The van der Waals surface area contributed by atoms with Gasteiger partial charge in [0.2, 0.25) is 0 Å². The average Bonchev–Trinajstić information content (AvgIpc) is 2.54. The van der Waals surface area contributed by atoms with Crippen LogP contribution in [0.3, 0.4) is 0 Å². The minimum atomic E-state index is -0.347. The second kappa shape index (κ2) is 8.29. The van der Waals surface area contributed by atoms with Gasteiger partial charge in [0.25, 0.3) is 5.91 Å². The molecule has 1 amide bonds. The number of hydrogen-bond acceptors (Lipinski definition) is 3. The first kappa shape index (κ1) is 17.7. The highest BCUT2D eigenvalue weighted by Crippen LogP contribution is 2.22. The van der Waals surface area contributed by atoms with E-state index < -0.39 is 0 Å². The van der Waals surface area contributed by atoms with Crippen LogP contribution < -0.4 is 15.4 Å². The maximum Gasteiger partial charge on any atom is 0.261 e. The highest BCUT2D eigenvalue weighted by Gasteiger charge is 2.14. The monoisotopic (exact) mass is 412 g/mol. The lowest BCUT2D eigenvalue weighted by Crippen LogP contribution is -2.39. The van der Waals surface area contributed by atoms with E-state index in [9.17, 15) is 4.79 Å². The molecule has 23 heavy (non-hydrogen) atoms. The molecule has 2 aromatic rings. The van der Waals surface area contributed by atoms with Crippen LogP contribution in [0.4, 0.5) is 0 Å². The van der Waals surface area contributed by atoms with Gasteiger partial charge in [-0.1, -0.05) is 45.7 Å². The van der Waals surface area contributed by atoms with Gasteiger partial charge in [0, 0.05) is 16.0 Å². The van der Waals surface area contributed by atoms with Crippen LogP contribution in [-0.2, 0) is 6.54 Å². The predicted molar refractivity (Wildman–Crippen MR) is 99.0 cm³/mol. The van der Waals surface area contributed by atoms with Crippen LogP contribution in [0.1, 0.15) is 15.9 Å². The third-order valence-electron chi connectivity index (χ3n) is 3.03. The Morgan fingerprint density at radius 3 is 2.74 bits per heavy atom. The first-order chi connectivity index (χ1) is 11.0. The van der Waals surface area contributed by atoms with Crippen molar-refractivity contribution in [1.82, 2.24) is 10.6 Å². The summed E-state index contributed by atoms with van der Waals surface area (Å²) in [4.78, 5) is 12.3. The number of halogens is 2. The molecule has 2 aromatic carbocycles. The zero-order valence-corrected chi connectivity index (χ0v) is 15.4. The summed E-state index contributed by atoms with van der Waals surface area (Å²) < 4.78 is 5.96. The molecule has 0 unspecified atom stereocenters. The second-order valence-electron chi connectivity index (χ2n) is 4.57. The van der Waals surface area contributed by atoms with E-state index in [0.29, 0.717) is 22.9 Å². The van der Waals surface area contributed by atoms with Gasteiger partial charge in [0.15, 0.2) is 5.11 Å². The van der Waals surface area contributed by atoms with Gasteiger partial charge in [-0.25, -0.2) is 0 Å². The van der Waals surface area contributed by atoms with Gasteiger partial charge in [-0.05, 0) is 42.0 Å². The van der Waals surface area contributed by atoms with E-state index in [1.54, 1.807) is 24.3 Å². The van der Waals surface area contributed by atoms with Gasteiger partial charge < -0.3 is 10.1 Å². The largest absolute Gasteiger partial charge is 0.496 e. The molecule has 0 saturated carbocycles. The highest BCUT2D eigenvalue weighted by molar-refractivity contribution is 9.10. The van der Waals surface area contributed by atoms with Gasteiger partial charge in [0.1, 0.15) is 5.75 Å². The van der Waals surface area contributed by atoms with Crippen LogP contribution >= 0.6 is 39.7 Å². The predicted octanol–water partition coefficient (Wildman–Crippen LogP) is 3.92. The number of carbonyl (C=O) groups excluding carboxylic acids is 1. The minimum Gasteiger partial charge on any atom is -0.496 e. The molecule has 4 nitrogen and oxygen atoms in total. The molecule has 0 saturated heterocycles. The van der Waals surface area contributed by atoms with Crippen molar-refractivity contribution in [2.45, 2.75) is 6.54 Å². The Bertz CT molecular complexity index is 740. The zero-order chi connectivity index (χ0) is 16.8. The van der Waals surface area contributed by atoms with Crippen LogP contribution in [0, 0.1) is 0 Å². The molecular weight excluding hydrogens is 400 g/mol. The fourth-order valence-corrected chi connectivity index (χ4v) is 2.62.